The molecule has 1 atom stereocenters. The van der Waals surface area contributed by atoms with E-state index in [-0.39, 0.29) is 0 Å². The molecule has 4 heteroatoms. The van der Waals surface area contributed by atoms with Gasteiger partial charge in [0, 0.05) is 12.1 Å². The summed E-state index contributed by atoms with van der Waals surface area (Å²) < 4.78 is 2.11. The highest BCUT2D eigenvalue weighted by molar-refractivity contribution is 9.09. The van der Waals surface area contributed by atoms with Crippen molar-refractivity contribution < 1.29 is 0 Å². The van der Waals surface area contributed by atoms with E-state index in [4.69, 9.17) is 11.6 Å². The fraction of sp³-hybridized carbons (Fsp3) is 0.364. The smallest absolute Gasteiger partial charge is 0.123 e. The zero-order chi connectivity index (χ0) is 11.0. The van der Waals surface area contributed by atoms with Crippen molar-refractivity contribution in [2.24, 2.45) is 7.05 Å². The summed E-state index contributed by atoms with van der Waals surface area (Å²) in [5.74, 6) is 1.05. The molecule has 2 aromatic rings. The van der Waals surface area contributed by atoms with Gasteiger partial charge in [0.1, 0.15) is 5.82 Å². The molecular formula is C11H12BrClN2. The van der Waals surface area contributed by atoms with Crippen molar-refractivity contribution in [3.8, 4) is 0 Å². The molecule has 0 saturated heterocycles. The fourth-order valence-electron chi connectivity index (χ4n) is 1.65. The number of hydrogen-bond acceptors (Lipinski definition) is 1. The third-order valence-corrected chi connectivity index (χ3v) is 3.81. The lowest BCUT2D eigenvalue weighted by Gasteiger charge is -2.06. The van der Waals surface area contributed by atoms with Crippen LogP contribution in [0.1, 0.15) is 24.0 Å². The van der Waals surface area contributed by atoms with Crippen molar-refractivity contribution in [2.75, 3.05) is 0 Å². The van der Waals surface area contributed by atoms with E-state index >= 15 is 0 Å². The van der Waals surface area contributed by atoms with Gasteiger partial charge in [-0.25, -0.2) is 4.98 Å². The Morgan fingerprint density at radius 2 is 2.27 bits per heavy atom. The summed E-state index contributed by atoms with van der Waals surface area (Å²) in [5, 5.41) is 0.731. The van der Waals surface area contributed by atoms with Crippen molar-refractivity contribution in [1.29, 1.82) is 0 Å². The lowest BCUT2D eigenvalue weighted by atomic mass is 10.3. The number of aryl methyl sites for hydroxylation is 1. The number of aromatic nitrogens is 2. The number of hydrogen-bond donors (Lipinski definition) is 0. The Hall–Kier alpha value is -0.540. The Morgan fingerprint density at radius 1 is 1.53 bits per heavy atom. The number of rotatable bonds is 2. The highest BCUT2D eigenvalue weighted by Gasteiger charge is 2.13. The molecule has 0 radical (unpaired) electrons. The van der Waals surface area contributed by atoms with Crippen LogP contribution >= 0.6 is 27.5 Å². The largest absolute Gasteiger partial charge is 0.330 e. The number of alkyl halides is 1. The van der Waals surface area contributed by atoms with Gasteiger partial charge in [0.15, 0.2) is 0 Å². The maximum absolute atomic E-state index is 5.93. The molecule has 1 aromatic heterocycles. The molecule has 1 heterocycles. The van der Waals surface area contributed by atoms with Gasteiger partial charge in [0.2, 0.25) is 0 Å². The molecule has 15 heavy (non-hydrogen) atoms. The zero-order valence-corrected chi connectivity index (χ0v) is 11.0. The molecule has 0 fully saturated rings. The van der Waals surface area contributed by atoms with Crippen LogP contribution in [0.3, 0.4) is 0 Å². The van der Waals surface area contributed by atoms with Crippen molar-refractivity contribution in [2.45, 2.75) is 18.2 Å². The monoisotopic (exact) mass is 286 g/mol. The maximum Gasteiger partial charge on any atom is 0.123 e. The van der Waals surface area contributed by atoms with E-state index in [1.54, 1.807) is 0 Å². The van der Waals surface area contributed by atoms with Crippen LogP contribution in [0.2, 0.25) is 5.02 Å². The van der Waals surface area contributed by atoms with E-state index < -0.39 is 0 Å². The van der Waals surface area contributed by atoms with Crippen LogP contribution in [-0.4, -0.2) is 9.55 Å². The molecule has 80 valence electrons. The SMILES string of the molecule is CCC(Br)c1nc2cc(Cl)ccc2n1C. The first-order valence-corrected chi connectivity index (χ1v) is 6.18. The fourth-order valence-corrected chi connectivity index (χ4v) is 2.23. The topological polar surface area (TPSA) is 17.8 Å². The van der Waals surface area contributed by atoms with Crippen molar-refractivity contribution in [1.82, 2.24) is 9.55 Å². The molecule has 2 rings (SSSR count). The van der Waals surface area contributed by atoms with E-state index in [2.05, 4.69) is 32.4 Å². The third-order valence-electron chi connectivity index (χ3n) is 2.52. The molecular weight excluding hydrogens is 275 g/mol. The molecule has 0 aliphatic carbocycles. The molecule has 1 aromatic carbocycles. The summed E-state index contributed by atoms with van der Waals surface area (Å²) in [5.41, 5.74) is 2.07. The van der Waals surface area contributed by atoms with Gasteiger partial charge >= 0.3 is 0 Å². The molecule has 0 N–H and O–H groups in total. The zero-order valence-electron chi connectivity index (χ0n) is 8.67. The van der Waals surface area contributed by atoms with Gasteiger partial charge in [-0.3, -0.25) is 0 Å². The lowest BCUT2D eigenvalue weighted by molar-refractivity contribution is 0.767. The van der Waals surface area contributed by atoms with Crippen molar-refractivity contribution in [3.63, 3.8) is 0 Å². The second-order valence-corrected chi connectivity index (χ2v) is 5.08. The van der Waals surface area contributed by atoms with Crippen molar-refractivity contribution in [3.05, 3.63) is 29.0 Å². The normalized spacial score (nSPS) is 13.3. The minimum absolute atomic E-state index is 0.300. The Bertz CT molecular complexity index is 493. The van der Waals surface area contributed by atoms with E-state index in [0.29, 0.717) is 4.83 Å². The van der Waals surface area contributed by atoms with Crippen molar-refractivity contribution >= 4 is 38.6 Å². The van der Waals surface area contributed by atoms with Crippen LogP contribution in [-0.2, 0) is 7.05 Å². The summed E-state index contributed by atoms with van der Waals surface area (Å²) in [4.78, 5) is 4.88. The van der Waals surface area contributed by atoms with Gasteiger partial charge in [-0.1, -0.05) is 34.5 Å². The second kappa shape index (κ2) is 4.14. The number of benzene rings is 1. The average Bonchev–Trinajstić information content (AvgIpc) is 2.54. The Labute approximate surface area is 102 Å². The first kappa shape index (κ1) is 11.0. The van der Waals surface area contributed by atoms with E-state index in [1.165, 1.54) is 0 Å². The lowest BCUT2D eigenvalue weighted by Crippen LogP contribution is -1.99. The van der Waals surface area contributed by atoms with Crippen LogP contribution in [0.25, 0.3) is 11.0 Å². The van der Waals surface area contributed by atoms with Crippen LogP contribution in [0.15, 0.2) is 18.2 Å². The minimum Gasteiger partial charge on any atom is -0.330 e. The van der Waals surface area contributed by atoms with E-state index in [1.807, 2.05) is 25.2 Å². The molecule has 0 amide bonds. The highest BCUT2D eigenvalue weighted by atomic mass is 79.9. The molecule has 0 bridgehead atoms. The van der Waals surface area contributed by atoms with Crippen LogP contribution in [0.5, 0.6) is 0 Å². The molecule has 0 aliphatic heterocycles. The number of halogens is 2. The summed E-state index contributed by atoms with van der Waals surface area (Å²) >= 11 is 9.55. The van der Waals surface area contributed by atoms with Crippen LogP contribution in [0.4, 0.5) is 0 Å². The predicted octanol–water partition coefficient (Wildman–Crippen LogP) is 4.07. The summed E-state index contributed by atoms with van der Waals surface area (Å²) in [6.07, 6.45) is 1.02. The number of fused-ring (bicyclic) bond motifs is 1. The maximum atomic E-state index is 5.93. The summed E-state index contributed by atoms with van der Waals surface area (Å²) in [6, 6.07) is 5.80. The van der Waals surface area contributed by atoms with Gasteiger partial charge in [-0.2, -0.15) is 0 Å². The molecule has 0 spiro atoms. The van der Waals surface area contributed by atoms with Gasteiger partial charge in [0.05, 0.1) is 15.9 Å². The third kappa shape index (κ3) is 1.91. The Morgan fingerprint density at radius 3 is 2.93 bits per heavy atom. The second-order valence-electron chi connectivity index (χ2n) is 3.54. The number of imidazole rings is 1. The molecule has 0 saturated carbocycles. The van der Waals surface area contributed by atoms with Gasteiger partial charge in [-0.15, -0.1) is 0 Å². The van der Waals surface area contributed by atoms with Gasteiger partial charge < -0.3 is 4.57 Å². The summed E-state index contributed by atoms with van der Waals surface area (Å²) in [6.45, 7) is 2.13. The quantitative estimate of drug-likeness (QED) is 0.761. The first-order chi connectivity index (χ1) is 7.13. The average molecular weight is 288 g/mol. The molecule has 1 unspecified atom stereocenters. The standard InChI is InChI=1S/C11H12BrClN2/c1-3-8(12)11-14-9-6-7(13)4-5-10(9)15(11)2/h4-6,8H,3H2,1-2H3. The van der Waals surface area contributed by atoms with Crippen LogP contribution < -0.4 is 0 Å². The number of nitrogens with zero attached hydrogens (tertiary/aromatic N) is 2. The van der Waals surface area contributed by atoms with E-state index in [0.717, 1.165) is 28.3 Å². The molecule has 0 aliphatic rings. The van der Waals surface area contributed by atoms with E-state index in [9.17, 15) is 0 Å². The molecule has 2 nitrogen and oxygen atoms in total. The predicted molar refractivity (Wildman–Crippen MR) is 67.7 cm³/mol. The van der Waals surface area contributed by atoms with Gasteiger partial charge in [-0.05, 0) is 24.6 Å². The first-order valence-electron chi connectivity index (χ1n) is 4.89. The minimum atomic E-state index is 0.300. The van der Waals surface area contributed by atoms with Crippen LogP contribution in [0, 0.1) is 0 Å². The summed E-state index contributed by atoms with van der Waals surface area (Å²) in [7, 11) is 2.03. The highest BCUT2D eigenvalue weighted by Crippen LogP contribution is 2.28. The van der Waals surface area contributed by atoms with Gasteiger partial charge in [0.25, 0.3) is 0 Å². The Balaban J connectivity index is 2.63. The Kier molecular flexibility index (Phi) is 3.03.